The summed E-state index contributed by atoms with van der Waals surface area (Å²) in [5.41, 5.74) is 1.98. The zero-order valence-corrected chi connectivity index (χ0v) is 13.4. The third kappa shape index (κ3) is 2.58. The van der Waals surface area contributed by atoms with Crippen molar-refractivity contribution in [1.82, 2.24) is 9.88 Å². The molecular formula is C20H24N2O. The number of nitrogens with zero attached hydrogens (tertiary/aromatic N) is 2. The van der Waals surface area contributed by atoms with Crippen molar-refractivity contribution >= 4 is 10.9 Å². The van der Waals surface area contributed by atoms with Crippen LogP contribution in [0.1, 0.15) is 30.9 Å². The smallest absolute Gasteiger partial charge is 0.0952 e. The Morgan fingerprint density at radius 1 is 1.35 bits per heavy atom. The van der Waals surface area contributed by atoms with Crippen molar-refractivity contribution in [2.45, 2.75) is 31.4 Å². The second-order valence-corrected chi connectivity index (χ2v) is 6.99. The summed E-state index contributed by atoms with van der Waals surface area (Å²) in [7, 11) is 0. The number of hydrogen-bond acceptors (Lipinski definition) is 3. The second kappa shape index (κ2) is 6.06. The van der Waals surface area contributed by atoms with Gasteiger partial charge in [0.2, 0.25) is 0 Å². The minimum absolute atomic E-state index is 0.237. The van der Waals surface area contributed by atoms with Gasteiger partial charge in [-0.05, 0) is 55.3 Å². The minimum atomic E-state index is -0.435. The summed E-state index contributed by atoms with van der Waals surface area (Å²) < 4.78 is 0. The fourth-order valence-electron chi connectivity index (χ4n) is 4.57. The lowest BCUT2D eigenvalue weighted by atomic mass is 9.72. The maximum Gasteiger partial charge on any atom is 0.0952 e. The number of hydrogen-bond donors (Lipinski definition) is 1. The summed E-state index contributed by atoms with van der Waals surface area (Å²) >= 11 is 0. The van der Waals surface area contributed by atoms with Crippen LogP contribution in [0.4, 0.5) is 0 Å². The molecular weight excluding hydrogens is 284 g/mol. The van der Waals surface area contributed by atoms with E-state index in [1.807, 2.05) is 36.5 Å². The number of para-hydroxylation sites is 1. The monoisotopic (exact) mass is 308 g/mol. The molecule has 1 aromatic carbocycles. The van der Waals surface area contributed by atoms with Gasteiger partial charge in [0, 0.05) is 24.2 Å². The van der Waals surface area contributed by atoms with Crippen molar-refractivity contribution in [2.24, 2.45) is 11.8 Å². The van der Waals surface area contributed by atoms with Gasteiger partial charge < -0.3 is 5.11 Å². The second-order valence-electron chi connectivity index (χ2n) is 6.99. The molecule has 5 atom stereocenters. The molecule has 0 radical (unpaired) electrons. The first-order chi connectivity index (χ1) is 11.3. The number of aliphatic hydroxyl groups is 1. The van der Waals surface area contributed by atoms with Gasteiger partial charge in [0.1, 0.15) is 0 Å². The highest BCUT2D eigenvalue weighted by Crippen LogP contribution is 2.42. The van der Waals surface area contributed by atoms with Crippen LogP contribution in [0.15, 0.2) is 49.2 Å². The molecule has 0 spiro atoms. The number of allylic oxidation sites excluding steroid dienone is 1. The maximum atomic E-state index is 11.1. The summed E-state index contributed by atoms with van der Waals surface area (Å²) in [6.45, 7) is 6.11. The molecule has 3 saturated heterocycles. The Hall–Kier alpha value is -1.71. The Labute approximate surface area is 137 Å². The molecule has 3 unspecified atom stereocenters. The lowest BCUT2D eigenvalue weighted by Gasteiger charge is -2.51. The van der Waals surface area contributed by atoms with Gasteiger partial charge in [0.25, 0.3) is 0 Å². The third-order valence-corrected chi connectivity index (χ3v) is 5.77. The van der Waals surface area contributed by atoms with Crippen LogP contribution in [0, 0.1) is 11.8 Å². The highest BCUT2D eigenvalue weighted by molar-refractivity contribution is 5.82. The lowest BCUT2D eigenvalue weighted by Crippen LogP contribution is -2.55. The molecule has 3 aliphatic rings. The standard InChI is InChI=1S/C20H24N2O/c1-2-5-15-13-22-11-9-14(15)12-19(22)20(23)17-8-10-21-18-7-4-3-6-16(17)18/h2-4,6-8,10,14-15,19-20,23H,1,5,9,11-13H2/t14?,15?,19-,20+/m1/s1. The third-order valence-electron chi connectivity index (χ3n) is 5.77. The average Bonchev–Trinajstić information content (AvgIpc) is 2.61. The van der Waals surface area contributed by atoms with E-state index in [1.165, 1.54) is 6.42 Å². The Bertz CT molecular complexity index is 708. The number of aliphatic hydroxyl groups excluding tert-OH is 1. The number of benzene rings is 1. The van der Waals surface area contributed by atoms with Gasteiger partial charge in [-0.2, -0.15) is 0 Å². The van der Waals surface area contributed by atoms with Crippen LogP contribution in [-0.4, -0.2) is 34.1 Å². The molecule has 0 aliphatic carbocycles. The van der Waals surface area contributed by atoms with E-state index in [0.29, 0.717) is 0 Å². The van der Waals surface area contributed by atoms with E-state index < -0.39 is 6.10 Å². The van der Waals surface area contributed by atoms with Crippen LogP contribution in [0.3, 0.4) is 0 Å². The topological polar surface area (TPSA) is 36.4 Å². The normalized spacial score (nSPS) is 31.2. The molecule has 5 rings (SSSR count). The number of aromatic nitrogens is 1. The van der Waals surface area contributed by atoms with Crippen molar-refractivity contribution in [2.75, 3.05) is 13.1 Å². The molecule has 3 aliphatic heterocycles. The van der Waals surface area contributed by atoms with Crippen molar-refractivity contribution in [3.63, 3.8) is 0 Å². The van der Waals surface area contributed by atoms with E-state index in [4.69, 9.17) is 0 Å². The van der Waals surface area contributed by atoms with Crippen molar-refractivity contribution < 1.29 is 5.11 Å². The fourth-order valence-corrected chi connectivity index (χ4v) is 4.57. The molecule has 1 aromatic heterocycles. The summed E-state index contributed by atoms with van der Waals surface area (Å²) in [6, 6.07) is 10.3. The zero-order valence-electron chi connectivity index (χ0n) is 13.4. The summed E-state index contributed by atoms with van der Waals surface area (Å²) in [6.07, 6.45) is 6.89. The summed E-state index contributed by atoms with van der Waals surface area (Å²) in [5, 5.41) is 12.2. The molecule has 3 fully saturated rings. The summed E-state index contributed by atoms with van der Waals surface area (Å²) in [5.74, 6) is 1.45. The van der Waals surface area contributed by atoms with Crippen LogP contribution in [-0.2, 0) is 0 Å². The van der Waals surface area contributed by atoms with Gasteiger partial charge in [0.05, 0.1) is 11.6 Å². The SMILES string of the molecule is C=CCC1CN2CCC1C[C@@H]2[C@@H](O)c1ccnc2ccccc12. The minimum Gasteiger partial charge on any atom is -0.387 e. The molecule has 1 N–H and O–H groups in total. The number of fused-ring (bicyclic) bond motifs is 4. The van der Waals surface area contributed by atoms with E-state index in [0.717, 1.165) is 54.2 Å². The zero-order chi connectivity index (χ0) is 15.8. The molecule has 0 saturated carbocycles. The molecule has 2 bridgehead atoms. The molecule has 4 heterocycles. The van der Waals surface area contributed by atoms with Gasteiger partial charge in [-0.1, -0.05) is 24.3 Å². The van der Waals surface area contributed by atoms with Crippen LogP contribution in [0.2, 0.25) is 0 Å². The van der Waals surface area contributed by atoms with E-state index in [1.54, 1.807) is 0 Å². The molecule has 3 heteroatoms. The largest absolute Gasteiger partial charge is 0.387 e. The Morgan fingerprint density at radius 2 is 2.22 bits per heavy atom. The molecule has 2 aromatic rings. The van der Waals surface area contributed by atoms with E-state index in [2.05, 4.69) is 22.5 Å². The Kier molecular flexibility index (Phi) is 3.92. The van der Waals surface area contributed by atoms with Crippen LogP contribution in [0.25, 0.3) is 10.9 Å². The van der Waals surface area contributed by atoms with Crippen LogP contribution >= 0.6 is 0 Å². The Balaban J connectivity index is 1.62. The quantitative estimate of drug-likeness (QED) is 0.878. The molecule has 0 amide bonds. The van der Waals surface area contributed by atoms with Crippen LogP contribution in [0.5, 0.6) is 0 Å². The van der Waals surface area contributed by atoms with Crippen molar-refractivity contribution in [3.8, 4) is 0 Å². The highest BCUT2D eigenvalue weighted by Gasteiger charge is 2.42. The van der Waals surface area contributed by atoms with E-state index >= 15 is 0 Å². The van der Waals surface area contributed by atoms with E-state index in [-0.39, 0.29) is 6.04 Å². The number of pyridine rings is 1. The summed E-state index contributed by atoms with van der Waals surface area (Å²) in [4.78, 5) is 6.91. The predicted molar refractivity (Wildman–Crippen MR) is 93.1 cm³/mol. The fraction of sp³-hybridized carbons (Fsp3) is 0.450. The van der Waals surface area contributed by atoms with Crippen LogP contribution < -0.4 is 0 Å². The average molecular weight is 308 g/mol. The van der Waals surface area contributed by atoms with Crippen molar-refractivity contribution in [1.29, 1.82) is 0 Å². The first-order valence-corrected chi connectivity index (χ1v) is 8.64. The first kappa shape index (κ1) is 14.9. The molecule has 3 nitrogen and oxygen atoms in total. The first-order valence-electron chi connectivity index (χ1n) is 8.64. The highest BCUT2D eigenvalue weighted by atomic mass is 16.3. The number of rotatable bonds is 4. The van der Waals surface area contributed by atoms with Gasteiger partial charge in [-0.3, -0.25) is 9.88 Å². The number of piperidine rings is 3. The van der Waals surface area contributed by atoms with Gasteiger partial charge in [-0.15, -0.1) is 6.58 Å². The lowest BCUT2D eigenvalue weighted by molar-refractivity contribution is -0.0546. The predicted octanol–water partition coefficient (Wildman–Crippen LogP) is 3.55. The van der Waals surface area contributed by atoms with Gasteiger partial charge in [-0.25, -0.2) is 0 Å². The van der Waals surface area contributed by atoms with Gasteiger partial charge in [0.15, 0.2) is 0 Å². The maximum absolute atomic E-state index is 11.1. The van der Waals surface area contributed by atoms with Crippen molar-refractivity contribution in [3.05, 3.63) is 54.7 Å². The molecule has 23 heavy (non-hydrogen) atoms. The van der Waals surface area contributed by atoms with E-state index in [9.17, 15) is 5.11 Å². The molecule has 120 valence electrons. The van der Waals surface area contributed by atoms with Gasteiger partial charge >= 0.3 is 0 Å². The Morgan fingerprint density at radius 3 is 3.00 bits per heavy atom.